The van der Waals surface area contributed by atoms with Crippen molar-refractivity contribution >= 4 is 26.0 Å². The van der Waals surface area contributed by atoms with Crippen molar-refractivity contribution in [3.63, 3.8) is 0 Å². The molecule has 0 aliphatic heterocycles. The van der Waals surface area contributed by atoms with Crippen LogP contribution in [0.15, 0.2) is 66.8 Å². The summed E-state index contributed by atoms with van der Waals surface area (Å²) in [6, 6.07) is 8.64. The molecule has 216 valence electrons. The molecule has 38 heavy (non-hydrogen) atoms. The molecule has 0 bridgehead atoms. The highest BCUT2D eigenvalue weighted by atomic mass is 32.2. The molecule has 2 atom stereocenters. The lowest BCUT2D eigenvalue weighted by Gasteiger charge is -2.26. The van der Waals surface area contributed by atoms with Gasteiger partial charge < -0.3 is 0 Å². The minimum Gasteiger partial charge on any atom is -0.300 e. The third-order valence-corrected chi connectivity index (χ3v) is 9.42. The highest BCUT2D eigenvalue weighted by molar-refractivity contribution is 7.86. The van der Waals surface area contributed by atoms with Gasteiger partial charge >= 0.3 is 0 Å². The molecule has 7 nitrogen and oxygen atoms in total. The molecule has 2 N–H and O–H groups in total. The zero-order valence-electron chi connectivity index (χ0n) is 23.3. The molecule has 0 aliphatic carbocycles. The number of allylic oxidation sites excluding steroid dienone is 5. The van der Waals surface area contributed by atoms with Gasteiger partial charge in [0.1, 0.15) is 10.5 Å². The van der Waals surface area contributed by atoms with Crippen LogP contribution in [-0.2, 0) is 29.8 Å². The Morgan fingerprint density at radius 3 is 2.00 bits per heavy atom. The number of hydrogen-bond acceptors (Lipinski definition) is 5. The second-order valence-electron chi connectivity index (χ2n) is 9.72. The van der Waals surface area contributed by atoms with Crippen LogP contribution >= 0.6 is 0 Å². The van der Waals surface area contributed by atoms with Crippen molar-refractivity contribution in [3.8, 4) is 0 Å². The molecular weight excluding hydrogens is 524 g/mol. The molecule has 0 radical (unpaired) electrons. The van der Waals surface area contributed by atoms with Crippen LogP contribution in [0, 0.1) is 0 Å². The van der Waals surface area contributed by atoms with Gasteiger partial charge in [0, 0.05) is 12.8 Å². The molecular formula is C29H46O7S2. The van der Waals surface area contributed by atoms with Gasteiger partial charge in [0.2, 0.25) is 0 Å². The zero-order valence-corrected chi connectivity index (χ0v) is 24.9. The number of carbonyl (C=O) groups excluding carboxylic acids is 1. The smallest absolute Gasteiger partial charge is 0.274 e. The molecule has 1 rings (SSSR count). The van der Waals surface area contributed by atoms with E-state index in [1.54, 1.807) is 36.4 Å². The molecule has 0 aromatic heterocycles. The van der Waals surface area contributed by atoms with Gasteiger partial charge in [-0.1, -0.05) is 92.5 Å². The van der Waals surface area contributed by atoms with Crippen molar-refractivity contribution < 1.29 is 30.7 Å². The van der Waals surface area contributed by atoms with E-state index in [0.717, 1.165) is 6.42 Å². The summed E-state index contributed by atoms with van der Waals surface area (Å²) in [5, 5.41) is -0.780. The maximum absolute atomic E-state index is 12.0. The third-order valence-electron chi connectivity index (χ3n) is 6.59. The average molecular weight is 571 g/mol. The Morgan fingerprint density at radius 1 is 0.974 bits per heavy atom. The summed E-state index contributed by atoms with van der Waals surface area (Å²) in [6.07, 6.45) is 13.3. The summed E-state index contributed by atoms with van der Waals surface area (Å²) >= 11 is 0. The van der Waals surface area contributed by atoms with Crippen LogP contribution in [-0.4, -0.2) is 37.0 Å². The second-order valence-corrected chi connectivity index (χ2v) is 13.4. The maximum Gasteiger partial charge on any atom is 0.274 e. The minimum absolute atomic E-state index is 0.137. The van der Waals surface area contributed by atoms with Crippen LogP contribution in [0.2, 0.25) is 0 Å². The first-order valence-corrected chi connectivity index (χ1v) is 16.1. The molecule has 0 heterocycles. The first kappa shape index (κ1) is 35.9. The lowest BCUT2D eigenvalue weighted by Crippen LogP contribution is -2.32. The predicted octanol–water partition coefficient (Wildman–Crippen LogP) is 7.23. The Kier molecular flexibility index (Phi) is 17.3. The molecule has 0 spiro atoms. The molecule has 0 amide bonds. The molecule has 1 aromatic rings. The molecule has 0 fully saturated rings. The van der Waals surface area contributed by atoms with Gasteiger partial charge in [0.15, 0.2) is 0 Å². The summed E-state index contributed by atoms with van der Waals surface area (Å²) in [5.41, 5.74) is 1.82. The van der Waals surface area contributed by atoms with Crippen LogP contribution in [0.1, 0.15) is 97.5 Å². The quantitative estimate of drug-likeness (QED) is 0.115. The Balaban J connectivity index is 0.00000147. The minimum atomic E-state index is -4.27. The Labute approximate surface area is 230 Å². The Hall–Kier alpha value is -2.07. The summed E-state index contributed by atoms with van der Waals surface area (Å²) in [7, 11) is -8.26. The third kappa shape index (κ3) is 14.8. The SMILES string of the molecule is C=C/C=C\C(C)=C/C.CC(CCCCCC(=O)CCCCCC(C)(c1ccccc1)S(=O)(=O)O)S(=O)(=O)O. The standard InChI is InChI=1S/C21H34O7S2.C8H12/c1-18(29(23,24)25)12-6-3-9-15-20(22)16-10-5-11-17-21(2,30(26,27)28)19-13-7-4-8-14-19;1-4-6-7-8(3)5-2/h4,7-8,13-14,18H,3,5-6,9-12,15-17H2,1-2H3,(H,23,24,25)(H,26,27,28);4-7H,1H2,2-3H3/b;7-6-,8-5-. The normalized spacial score (nSPS) is 14.8. The molecule has 1 aromatic carbocycles. The molecule has 0 aliphatic rings. The van der Waals surface area contributed by atoms with Crippen LogP contribution in [0.4, 0.5) is 0 Å². The van der Waals surface area contributed by atoms with E-state index < -0.39 is 30.2 Å². The van der Waals surface area contributed by atoms with Crippen molar-refractivity contribution in [1.82, 2.24) is 0 Å². The van der Waals surface area contributed by atoms with Crippen LogP contribution in [0.5, 0.6) is 0 Å². The van der Waals surface area contributed by atoms with Gasteiger partial charge in [-0.25, -0.2) is 0 Å². The van der Waals surface area contributed by atoms with Crippen molar-refractivity contribution in [2.24, 2.45) is 0 Å². The fraction of sp³-hybridized carbons (Fsp3) is 0.552. The van der Waals surface area contributed by atoms with Gasteiger partial charge in [-0.3, -0.25) is 13.9 Å². The summed E-state index contributed by atoms with van der Waals surface area (Å²) in [6.45, 7) is 10.6. The second kappa shape index (κ2) is 18.3. The van der Waals surface area contributed by atoms with Crippen LogP contribution in [0.3, 0.4) is 0 Å². The van der Waals surface area contributed by atoms with Gasteiger partial charge in [-0.05, 0) is 58.9 Å². The largest absolute Gasteiger partial charge is 0.300 e. The molecule has 0 saturated heterocycles. The van der Waals surface area contributed by atoms with Gasteiger partial charge in [0.05, 0.1) is 5.25 Å². The van der Waals surface area contributed by atoms with Gasteiger partial charge in [-0.15, -0.1) is 0 Å². The fourth-order valence-electron chi connectivity index (χ4n) is 3.69. The lowest BCUT2D eigenvalue weighted by atomic mass is 9.93. The summed E-state index contributed by atoms with van der Waals surface area (Å²) < 4.78 is 63.0. The highest BCUT2D eigenvalue weighted by Crippen LogP contribution is 2.34. The van der Waals surface area contributed by atoms with Crippen LogP contribution in [0.25, 0.3) is 0 Å². The average Bonchev–Trinajstić information content (AvgIpc) is 2.86. The van der Waals surface area contributed by atoms with E-state index >= 15 is 0 Å². The Morgan fingerprint density at radius 2 is 1.53 bits per heavy atom. The number of Topliss-reactive ketones (excluding diaryl/α,β-unsaturated/α-hetero) is 1. The van der Waals surface area contributed by atoms with Gasteiger partial charge in [-0.2, -0.15) is 16.8 Å². The highest BCUT2D eigenvalue weighted by Gasteiger charge is 2.39. The number of benzene rings is 1. The summed E-state index contributed by atoms with van der Waals surface area (Å²) in [4.78, 5) is 12.0. The number of ketones is 1. The molecule has 2 unspecified atom stereocenters. The zero-order chi connectivity index (χ0) is 29.2. The van der Waals surface area contributed by atoms with Crippen molar-refractivity contribution in [2.75, 3.05) is 0 Å². The van der Waals surface area contributed by atoms with E-state index in [-0.39, 0.29) is 12.2 Å². The van der Waals surface area contributed by atoms with E-state index in [1.165, 1.54) is 19.4 Å². The lowest BCUT2D eigenvalue weighted by molar-refractivity contribution is -0.119. The van der Waals surface area contributed by atoms with Crippen molar-refractivity contribution in [2.45, 2.75) is 102 Å². The van der Waals surface area contributed by atoms with Crippen LogP contribution < -0.4 is 0 Å². The van der Waals surface area contributed by atoms with E-state index in [0.29, 0.717) is 56.9 Å². The first-order chi connectivity index (χ1) is 17.7. The van der Waals surface area contributed by atoms with Crippen molar-refractivity contribution in [1.29, 1.82) is 0 Å². The number of unbranched alkanes of at least 4 members (excludes halogenated alkanes) is 4. The summed E-state index contributed by atoms with van der Waals surface area (Å²) in [5.74, 6) is 0.137. The predicted molar refractivity (Wildman–Crippen MR) is 156 cm³/mol. The van der Waals surface area contributed by atoms with E-state index in [4.69, 9.17) is 4.55 Å². The monoisotopic (exact) mass is 570 g/mol. The van der Waals surface area contributed by atoms with E-state index in [9.17, 15) is 26.2 Å². The Bertz CT molecular complexity index is 1100. The topological polar surface area (TPSA) is 126 Å². The van der Waals surface area contributed by atoms with Gasteiger partial charge in [0.25, 0.3) is 20.2 Å². The maximum atomic E-state index is 12.0. The number of rotatable bonds is 17. The van der Waals surface area contributed by atoms with Crippen molar-refractivity contribution in [3.05, 3.63) is 72.4 Å². The fourth-order valence-corrected chi connectivity index (χ4v) is 5.00. The number of carbonyl (C=O) groups is 1. The molecule has 0 saturated carbocycles. The number of hydrogen-bond donors (Lipinski definition) is 2. The van der Waals surface area contributed by atoms with E-state index in [2.05, 4.69) is 19.6 Å². The first-order valence-electron chi connectivity index (χ1n) is 13.1. The van der Waals surface area contributed by atoms with E-state index in [1.807, 2.05) is 19.1 Å². The molecule has 9 heteroatoms.